The largest absolute Gasteiger partial charge is 0.370 e. The van der Waals surface area contributed by atoms with E-state index in [9.17, 15) is 4.79 Å². The first kappa shape index (κ1) is 30.9. The number of hydrogen-bond acceptors (Lipinski definition) is 1. The molecule has 0 aromatic rings. The first-order valence-electron chi connectivity index (χ1n) is 8.70. The second-order valence-electron chi connectivity index (χ2n) is 5.80. The highest BCUT2D eigenvalue weighted by molar-refractivity contribution is 5.86. The van der Waals surface area contributed by atoms with Crippen molar-refractivity contribution in [3.63, 3.8) is 0 Å². The number of carbonyl (C=O) groups is 1. The molecule has 0 aliphatic heterocycles. The quantitative estimate of drug-likeness (QED) is 0.243. The molecular weight excluding hydrogens is 353 g/mol. The third-order valence-corrected chi connectivity index (χ3v) is 3.68. The zero-order chi connectivity index (χ0) is 14.9. The van der Waals surface area contributed by atoms with Gasteiger partial charge in [-0.1, -0.05) is 70.4 Å². The van der Waals surface area contributed by atoms with Gasteiger partial charge >= 0.3 is 0 Å². The molecular formula is C18H38Cl3NO. The van der Waals surface area contributed by atoms with Crippen LogP contribution in [0, 0.1) is 0 Å². The maximum atomic E-state index is 10.5. The van der Waals surface area contributed by atoms with Crippen LogP contribution in [-0.4, -0.2) is 5.91 Å². The molecule has 0 saturated carbocycles. The number of hydrogen-bond donors (Lipinski definition) is 1. The van der Waals surface area contributed by atoms with Gasteiger partial charge in [-0.15, -0.1) is 37.2 Å². The summed E-state index contributed by atoms with van der Waals surface area (Å²) in [5.74, 6) is -0.164. The van der Waals surface area contributed by atoms with Crippen molar-refractivity contribution in [2.75, 3.05) is 0 Å². The maximum absolute atomic E-state index is 10.5. The SMILES string of the molecule is CCCCCCCC/C=C\CCCCCCCC(N)=O.Cl.Cl.Cl. The van der Waals surface area contributed by atoms with Gasteiger partial charge in [0.05, 0.1) is 0 Å². The molecule has 5 heteroatoms. The van der Waals surface area contributed by atoms with E-state index < -0.39 is 0 Å². The molecule has 0 aromatic heterocycles. The van der Waals surface area contributed by atoms with Crippen LogP contribution in [0.2, 0.25) is 0 Å². The van der Waals surface area contributed by atoms with E-state index in [0.29, 0.717) is 6.42 Å². The number of allylic oxidation sites excluding steroid dienone is 2. The number of unbranched alkanes of at least 4 members (excludes halogenated alkanes) is 11. The number of rotatable bonds is 15. The van der Waals surface area contributed by atoms with Gasteiger partial charge in [-0.25, -0.2) is 0 Å². The van der Waals surface area contributed by atoms with Gasteiger partial charge in [0, 0.05) is 6.42 Å². The normalized spacial score (nSPS) is 9.78. The molecule has 2 N–H and O–H groups in total. The van der Waals surface area contributed by atoms with Gasteiger partial charge in [-0.3, -0.25) is 4.79 Å². The van der Waals surface area contributed by atoms with Crippen molar-refractivity contribution >= 4 is 43.1 Å². The van der Waals surface area contributed by atoms with Crippen molar-refractivity contribution in [1.82, 2.24) is 0 Å². The molecule has 1 amide bonds. The highest BCUT2D eigenvalue weighted by Crippen LogP contribution is 2.09. The van der Waals surface area contributed by atoms with E-state index in [0.717, 1.165) is 12.8 Å². The summed E-state index contributed by atoms with van der Waals surface area (Å²) < 4.78 is 0. The third kappa shape index (κ3) is 30.5. The minimum Gasteiger partial charge on any atom is -0.370 e. The van der Waals surface area contributed by atoms with Crippen molar-refractivity contribution in [2.24, 2.45) is 5.73 Å². The number of primary amides is 1. The third-order valence-electron chi connectivity index (χ3n) is 3.68. The predicted octanol–water partition coefficient (Wildman–Crippen LogP) is 6.77. The molecule has 0 radical (unpaired) electrons. The van der Waals surface area contributed by atoms with Gasteiger partial charge in [0.1, 0.15) is 0 Å². The highest BCUT2D eigenvalue weighted by atomic mass is 35.5. The van der Waals surface area contributed by atoms with Gasteiger partial charge in [0.2, 0.25) is 5.91 Å². The average Bonchev–Trinajstić information content (AvgIpc) is 2.43. The Morgan fingerprint density at radius 3 is 1.52 bits per heavy atom. The Balaban J connectivity index is -0.000000602. The summed E-state index contributed by atoms with van der Waals surface area (Å²) in [7, 11) is 0. The van der Waals surface area contributed by atoms with Crippen LogP contribution in [0.5, 0.6) is 0 Å². The van der Waals surface area contributed by atoms with E-state index in [1.165, 1.54) is 70.6 Å². The number of nitrogens with two attached hydrogens (primary N) is 1. The molecule has 142 valence electrons. The highest BCUT2D eigenvalue weighted by Gasteiger charge is 1.94. The van der Waals surface area contributed by atoms with E-state index in [1.807, 2.05) is 0 Å². The summed E-state index contributed by atoms with van der Waals surface area (Å²) in [6.07, 6.45) is 21.9. The standard InChI is InChI=1S/C18H35NO.3ClH/c1-2-3-4-5-6-7-8-9-10-11-12-13-14-15-16-17-18(19)20;;;/h9-10H,2-8,11-17H2,1H3,(H2,19,20);3*1H/b10-9-;;;. The average molecular weight is 391 g/mol. The smallest absolute Gasteiger partial charge is 0.217 e. The second kappa shape index (κ2) is 27.0. The van der Waals surface area contributed by atoms with Crippen LogP contribution in [-0.2, 0) is 4.79 Å². The Kier molecular flexibility index (Phi) is 36.2. The van der Waals surface area contributed by atoms with Gasteiger partial charge in [-0.05, 0) is 32.1 Å². The van der Waals surface area contributed by atoms with Crippen LogP contribution in [0.3, 0.4) is 0 Å². The molecule has 0 rings (SSSR count). The first-order chi connectivity index (χ1) is 9.77. The lowest BCUT2D eigenvalue weighted by Gasteiger charge is -1.99. The van der Waals surface area contributed by atoms with Gasteiger partial charge in [0.25, 0.3) is 0 Å². The van der Waals surface area contributed by atoms with E-state index in [-0.39, 0.29) is 43.1 Å². The van der Waals surface area contributed by atoms with Crippen LogP contribution in [0.25, 0.3) is 0 Å². The molecule has 0 bridgehead atoms. The topological polar surface area (TPSA) is 43.1 Å². The summed E-state index contributed by atoms with van der Waals surface area (Å²) in [6, 6.07) is 0. The van der Waals surface area contributed by atoms with Crippen LogP contribution >= 0.6 is 37.2 Å². The molecule has 0 aliphatic rings. The predicted molar refractivity (Wildman–Crippen MR) is 110 cm³/mol. The Bertz CT molecular complexity index is 248. The van der Waals surface area contributed by atoms with Crippen molar-refractivity contribution < 1.29 is 4.79 Å². The number of carbonyl (C=O) groups excluding carboxylic acids is 1. The van der Waals surface area contributed by atoms with Crippen LogP contribution in [0.1, 0.15) is 96.8 Å². The van der Waals surface area contributed by atoms with E-state index in [2.05, 4.69) is 19.1 Å². The molecule has 2 nitrogen and oxygen atoms in total. The van der Waals surface area contributed by atoms with E-state index in [1.54, 1.807) is 0 Å². The Morgan fingerprint density at radius 2 is 1.09 bits per heavy atom. The lowest BCUT2D eigenvalue weighted by Crippen LogP contribution is -2.09. The molecule has 0 saturated heterocycles. The Morgan fingerprint density at radius 1 is 0.696 bits per heavy atom. The van der Waals surface area contributed by atoms with Crippen LogP contribution in [0.15, 0.2) is 12.2 Å². The minimum atomic E-state index is -0.164. The minimum absolute atomic E-state index is 0. The van der Waals surface area contributed by atoms with Crippen LogP contribution in [0.4, 0.5) is 0 Å². The summed E-state index contributed by atoms with van der Waals surface area (Å²) >= 11 is 0. The summed E-state index contributed by atoms with van der Waals surface area (Å²) in [5, 5.41) is 0. The van der Waals surface area contributed by atoms with Gasteiger partial charge in [-0.2, -0.15) is 0 Å². The lowest BCUT2D eigenvalue weighted by molar-refractivity contribution is -0.118. The van der Waals surface area contributed by atoms with E-state index in [4.69, 9.17) is 5.73 Å². The van der Waals surface area contributed by atoms with Gasteiger partial charge < -0.3 is 5.73 Å². The fourth-order valence-electron chi connectivity index (χ4n) is 2.37. The molecule has 0 aromatic carbocycles. The van der Waals surface area contributed by atoms with Crippen molar-refractivity contribution in [3.8, 4) is 0 Å². The Labute approximate surface area is 162 Å². The van der Waals surface area contributed by atoms with Crippen molar-refractivity contribution in [3.05, 3.63) is 12.2 Å². The lowest BCUT2D eigenvalue weighted by atomic mass is 10.1. The fourth-order valence-corrected chi connectivity index (χ4v) is 2.37. The maximum Gasteiger partial charge on any atom is 0.217 e. The molecule has 0 atom stereocenters. The molecule has 0 heterocycles. The molecule has 0 aliphatic carbocycles. The molecule has 0 unspecified atom stereocenters. The Hall–Kier alpha value is 0.0800. The first-order valence-corrected chi connectivity index (χ1v) is 8.70. The fraction of sp³-hybridized carbons (Fsp3) is 0.833. The number of amides is 1. The van der Waals surface area contributed by atoms with Gasteiger partial charge in [0.15, 0.2) is 0 Å². The van der Waals surface area contributed by atoms with Crippen LogP contribution < -0.4 is 5.73 Å². The van der Waals surface area contributed by atoms with Crippen molar-refractivity contribution in [1.29, 1.82) is 0 Å². The summed E-state index contributed by atoms with van der Waals surface area (Å²) in [6.45, 7) is 2.26. The zero-order valence-electron chi connectivity index (χ0n) is 14.8. The number of halogens is 3. The van der Waals surface area contributed by atoms with Crippen molar-refractivity contribution in [2.45, 2.75) is 96.8 Å². The summed E-state index contributed by atoms with van der Waals surface area (Å²) in [4.78, 5) is 10.5. The zero-order valence-corrected chi connectivity index (χ0v) is 17.2. The molecule has 0 fully saturated rings. The molecule has 0 spiro atoms. The van der Waals surface area contributed by atoms with E-state index >= 15 is 0 Å². The molecule has 23 heavy (non-hydrogen) atoms. The summed E-state index contributed by atoms with van der Waals surface area (Å²) in [5.41, 5.74) is 5.10. The second-order valence-corrected chi connectivity index (χ2v) is 5.80. The monoisotopic (exact) mass is 389 g/mol.